The SMILES string of the molecule is CS(=O)(=O)N1CCN(Cc2cc3nc(-c4cccc5c4cnn5CCCC(=O)NO)nc(N4CCOCC4)c3s2)CC1. The van der Waals surface area contributed by atoms with Gasteiger partial charge < -0.3 is 9.64 Å². The number of sulfonamides is 1. The van der Waals surface area contributed by atoms with Gasteiger partial charge in [-0.2, -0.15) is 9.40 Å². The lowest BCUT2D eigenvalue weighted by Gasteiger charge is -2.32. The van der Waals surface area contributed by atoms with E-state index in [2.05, 4.69) is 21.0 Å². The molecule has 42 heavy (non-hydrogen) atoms. The van der Waals surface area contributed by atoms with Gasteiger partial charge in [-0.1, -0.05) is 12.1 Å². The number of fused-ring (bicyclic) bond motifs is 2. The molecule has 15 heteroatoms. The Morgan fingerprint density at radius 1 is 1.12 bits per heavy atom. The van der Waals surface area contributed by atoms with Crippen LogP contribution in [0.25, 0.3) is 32.5 Å². The summed E-state index contributed by atoms with van der Waals surface area (Å²) in [6.07, 6.45) is 3.82. The Morgan fingerprint density at radius 3 is 2.64 bits per heavy atom. The molecule has 0 spiro atoms. The number of rotatable bonds is 9. The number of nitrogens with one attached hydrogen (secondary N) is 1. The van der Waals surface area contributed by atoms with Crippen LogP contribution in [-0.4, -0.2) is 107 Å². The quantitative estimate of drug-likeness (QED) is 0.212. The fourth-order valence-electron chi connectivity index (χ4n) is 5.51. The number of aromatic nitrogens is 4. The number of hydrogen-bond donors (Lipinski definition) is 2. The van der Waals surface area contributed by atoms with Gasteiger partial charge in [0.15, 0.2) is 11.6 Å². The van der Waals surface area contributed by atoms with E-state index in [0.717, 1.165) is 57.0 Å². The minimum atomic E-state index is -3.17. The van der Waals surface area contributed by atoms with Crippen LogP contribution in [0, 0.1) is 0 Å². The number of thiophene rings is 1. The number of amides is 1. The van der Waals surface area contributed by atoms with E-state index in [1.165, 1.54) is 10.6 Å². The van der Waals surface area contributed by atoms with E-state index < -0.39 is 15.9 Å². The third kappa shape index (κ3) is 6.11. The summed E-state index contributed by atoms with van der Waals surface area (Å²) in [6.45, 7) is 6.40. The van der Waals surface area contributed by atoms with E-state index in [4.69, 9.17) is 19.9 Å². The van der Waals surface area contributed by atoms with Crippen molar-refractivity contribution < 1.29 is 23.2 Å². The summed E-state index contributed by atoms with van der Waals surface area (Å²) in [5.41, 5.74) is 4.36. The monoisotopic (exact) mass is 614 g/mol. The Morgan fingerprint density at radius 2 is 1.90 bits per heavy atom. The zero-order valence-corrected chi connectivity index (χ0v) is 25.0. The zero-order valence-electron chi connectivity index (χ0n) is 23.4. The van der Waals surface area contributed by atoms with E-state index in [0.29, 0.717) is 58.2 Å². The number of carbonyl (C=O) groups is 1. The highest BCUT2D eigenvalue weighted by Gasteiger charge is 2.25. The number of ether oxygens (including phenoxy) is 1. The Balaban J connectivity index is 1.31. The van der Waals surface area contributed by atoms with E-state index in [-0.39, 0.29) is 6.42 Å². The third-order valence-electron chi connectivity index (χ3n) is 7.72. The van der Waals surface area contributed by atoms with E-state index in [1.807, 2.05) is 29.1 Å². The molecular formula is C27H34N8O5S2. The average Bonchev–Trinajstić information content (AvgIpc) is 3.60. The van der Waals surface area contributed by atoms with Gasteiger partial charge in [0, 0.05) is 74.6 Å². The number of nitrogens with zero attached hydrogens (tertiary/aromatic N) is 7. The second-order valence-electron chi connectivity index (χ2n) is 10.6. The highest BCUT2D eigenvalue weighted by Crippen LogP contribution is 2.36. The highest BCUT2D eigenvalue weighted by atomic mass is 32.2. The summed E-state index contributed by atoms with van der Waals surface area (Å²) in [4.78, 5) is 27.3. The van der Waals surface area contributed by atoms with Crippen molar-refractivity contribution in [1.29, 1.82) is 0 Å². The van der Waals surface area contributed by atoms with E-state index in [1.54, 1.807) is 16.8 Å². The number of aryl methyl sites for hydroxylation is 1. The van der Waals surface area contributed by atoms with Crippen LogP contribution in [0.15, 0.2) is 30.5 Å². The normalized spacial score (nSPS) is 17.3. The standard InChI is InChI=1S/C27H34N8O5S2/c1-42(38,39)34-10-8-32(9-11-34)18-19-16-22-25(41-19)27(33-12-14-40-15-13-33)30-26(29-22)20-4-2-5-23-21(20)17-28-35(23)7-3-6-24(36)31-37/h2,4-5,16-17,37H,3,6-15,18H2,1H3,(H,31,36). The topological polar surface area (TPSA) is 146 Å². The molecule has 3 aromatic heterocycles. The van der Waals surface area contributed by atoms with Crippen LogP contribution >= 0.6 is 11.3 Å². The van der Waals surface area contributed by atoms with Gasteiger partial charge in [-0.15, -0.1) is 11.3 Å². The van der Waals surface area contributed by atoms with Crippen LogP contribution in [0.5, 0.6) is 0 Å². The second-order valence-corrected chi connectivity index (χ2v) is 13.7. The fourth-order valence-corrected chi connectivity index (χ4v) is 7.50. The maximum absolute atomic E-state index is 11.9. The van der Waals surface area contributed by atoms with Crippen molar-refractivity contribution in [3.05, 3.63) is 35.3 Å². The maximum atomic E-state index is 11.9. The minimum Gasteiger partial charge on any atom is -0.378 e. The molecule has 2 fully saturated rings. The molecule has 1 amide bonds. The number of anilines is 1. The molecule has 2 saturated heterocycles. The molecule has 13 nitrogen and oxygen atoms in total. The van der Waals surface area contributed by atoms with Crippen molar-refractivity contribution in [2.75, 3.05) is 63.6 Å². The Bertz CT molecular complexity index is 1690. The summed E-state index contributed by atoms with van der Waals surface area (Å²) >= 11 is 1.69. The largest absolute Gasteiger partial charge is 0.378 e. The van der Waals surface area contributed by atoms with Crippen molar-refractivity contribution in [2.45, 2.75) is 25.9 Å². The smallest absolute Gasteiger partial charge is 0.243 e. The van der Waals surface area contributed by atoms with Gasteiger partial charge in [-0.3, -0.25) is 19.6 Å². The Kier molecular flexibility index (Phi) is 8.38. The number of morpholine rings is 1. The zero-order chi connectivity index (χ0) is 29.3. The number of piperazine rings is 1. The maximum Gasteiger partial charge on any atom is 0.243 e. The summed E-state index contributed by atoms with van der Waals surface area (Å²) in [7, 11) is -3.17. The average molecular weight is 615 g/mol. The molecule has 2 aliphatic heterocycles. The number of hydroxylamine groups is 1. The molecule has 0 bridgehead atoms. The first-order chi connectivity index (χ1) is 20.3. The molecule has 224 valence electrons. The van der Waals surface area contributed by atoms with Crippen LogP contribution in [0.1, 0.15) is 17.7 Å². The molecular weight excluding hydrogens is 580 g/mol. The lowest BCUT2D eigenvalue weighted by molar-refractivity contribution is -0.129. The molecule has 4 aromatic rings. The van der Waals surface area contributed by atoms with Crippen molar-refractivity contribution in [2.24, 2.45) is 0 Å². The molecule has 0 atom stereocenters. The second kappa shape index (κ2) is 12.2. The molecule has 6 rings (SSSR count). The van der Waals surface area contributed by atoms with Crippen LogP contribution in [0.2, 0.25) is 0 Å². The van der Waals surface area contributed by atoms with Gasteiger partial charge in [-0.05, 0) is 18.6 Å². The molecule has 1 aromatic carbocycles. The Hall–Kier alpha value is -3.21. The van der Waals surface area contributed by atoms with Gasteiger partial charge in [0.2, 0.25) is 15.9 Å². The first-order valence-electron chi connectivity index (χ1n) is 14.0. The first-order valence-corrected chi connectivity index (χ1v) is 16.6. The molecule has 0 radical (unpaired) electrons. The molecule has 5 heterocycles. The summed E-state index contributed by atoms with van der Waals surface area (Å²) in [5, 5.41) is 14.3. The van der Waals surface area contributed by atoms with Gasteiger partial charge in [0.25, 0.3) is 0 Å². The molecule has 0 aliphatic carbocycles. The summed E-state index contributed by atoms with van der Waals surface area (Å²) < 4.78 is 33.9. The van der Waals surface area contributed by atoms with Gasteiger partial charge in [-0.25, -0.2) is 23.9 Å². The van der Waals surface area contributed by atoms with Crippen LogP contribution in [0.3, 0.4) is 0 Å². The molecule has 2 aliphatic rings. The predicted molar refractivity (Wildman–Crippen MR) is 160 cm³/mol. The Labute approximate surface area is 247 Å². The van der Waals surface area contributed by atoms with Crippen molar-refractivity contribution in [3.8, 4) is 11.4 Å². The fraction of sp³-hybridized carbons (Fsp3) is 0.481. The van der Waals surface area contributed by atoms with Crippen LogP contribution < -0.4 is 10.4 Å². The van der Waals surface area contributed by atoms with Gasteiger partial charge >= 0.3 is 0 Å². The highest BCUT2D eigenvalue weighted by molar-refractivity contribution is 7.88. The number of hydrogen-bond acceptors (Lipinski definition) is 11. The van der Waals surface area contributed by atoms with Gasteiger partial charge in [0.1, 0.15) is 0 Å². The lowest BCUT2D eigenvalue weighted by Crippen LogP contribution is -2.47. The number of benzene rings is 1. The number of carbonyl (C=O) groups excluding carboxylic acids is 1. The summed E-state index contributed by atoms with van der Waals surface area (Å²) in [5.74, 6) is 1.10. The summed E-state index contributed by atoms with van der Waals surface area (Å²) in [6, 6.07) is 8.10. The van der Waals surface area contributed by atoms with Crippen molar-refractivity contribution in [1.82, 2.24) is 34.4 Å². The van der Waals surface area contributed by atoms with Crippen molar-refractivity contribution >= 4 is 54.2 Å². The van der Waals surface area contributed by atoms with Crippen LogP contribution in [0.4, 0.5) is 5.82 Å². The van der Waals surface area contributed by atoms with E-state index in [9.17, 15) is 13.2 Å². The molecule has 0 saturated carbocycles. The molecule has 2 N–H and O–H groups in total. The predicted octanol–water partition coefficient (Wildman–Crippen LogP) is 1.91. The van der Waals surface area contributed by atoms with E-state index >= 15 is 0 Å². The lowest BCUT2D eigenvalue weighted by atomic mass is 10.1. The third-order valence-corrected chi connectivity index (χ3v) is 10.1. The first kappa shape index (κ1) is 28.9. The molecule has 0 unspecified atom stereocenters. The minimum absolute atomic E-state index is 0.202. The van der Waals surface area contributed by atoms with Gasteiger partial charge in [0.05, 0.1) is 41.4 Å². The van der Waals surface area contributed by atoms with Crippen LogP contribution in [-0.2, 0) is 32.6 Å². The van der Waals surface area contributed by atoms with Crippen molar-refractivity contribution in [3.63, 3.8) is 0 Å².